The Morgan fingerprint density at radius 1 is 1.50 bits per heavy atom. The minimum absolute atomic E-state index is 0.305. The van der Waals surface area contributed by atoms with Crippen LogP contribution in [0.4, 0.5) is 13.2 Å². The van der Waals surface area contributed by atoms with Gasteiger partial charge in [-0.15, -0.1) is 0 Å². The van der Waals surface area contributed by atoms with E-state index in [-0.39, 0.29) is 0 Å². The van der Waals surface area contributed by atoms with E-state index >= 15 is 0 Å². The maximum absolute atomic E-state index is 11.7. The molecular formula is C8H12F3N3. The maximum Gasteiger partial charge on any atom is 0.401 e. The molecule has 3 nitrogen and oxygen atoms in total. The van der Waals surface area contributed by atoms with Crippen LogP contribution in [0.2, 0.25) is 0 Å². The van der Waals surface area contributed by atoms with Crippen LogP contribution in [0.3, 0.4) is 0 Å². The summed E-state index contributed by atoms with van der Waals surface area (Å²) in [5, 5.41) is 6.24. The minimum Gasteiger partial charge on any atom is -0.308 e. The summed E-state index contributed by atoms with van der Waals surface area (Å²) in [6, 6.07) is 1.79. The Balaban J connectivity index is 2.20. The Labute approximate surface area is 79.9 Å². The van der Waals surface area contributed by atoms with E-state index in [4.69, 9.17) is 0 Å². The summed E-state index contributed by atoms with van der Waals surface area (Å²) >= 11 is 0. The molecule has 0 unspecified atom stereocenters. The zero-order valence-electron chi connectivity index (χ0n) is 7.80. The largest absolute Gasteiger partial charge is 0.401 e. The second-order valence-corrected chi connectivity index (χ2v) is 2.99. The third-order valence-corrected chi connectivity index (χ3v) is 1.81. The highest BCUT2D eigenvalue weighted by Crippen LogP contribution is 2.11. The molecule has 0 radical (unpaired) electrons. The lowest BCUT2D eigenvalue weighted by Gasteiger charge is -2.07. The van der Waals surface area contributed by atoms with Gasteiger partial charge in [0.25, 0.3) is 0 Å². The van der Waals surface area contributed by atoms with Crippen molar-refractivity contribution in [2.75, 3.05) is 13.1 Å². The molecule has 14 heavy (non-hydrogen) atoms. The molecule has 0 spiro atoms. The number of aromatic nitrogens is 2. The van der Waals surface area contributed by atoms with E-state index in [0.29, 0.717) is 13.0 Å². The van der Waals surface area contributed by atoms with Gasteiger partial charge in [-0.2, -0.15) is 18.3 Å². The van der Waals surface area contributed by atoms with Crippen LogP contribution in [0.1, 0.15) is 5.69 Å². The summed E-state index contributed by atoms with van der Waals surface area (Å²) in [4.78, 5) is 0. The van der Waals surface area contributed by atoms with Crippen molar-refractivity contribution in [3.8, 4) is 0 Å². The van der Waals surface area contributed by atoms with Crippen LogP contribution >= 0.6 is 0 Å². The standard InChI is InChI=1S/C8H12F3N3/c1-14-7(3-5-13-14)2-4-12-6-8(9,10)11/h3,5,12H,2,4,6H2,1H3. The SMILES string of the molecule is Cn1nccc1CCNCC(F)(F)F. The number of halogens is 3. The quantitative estimate of drug-likeness (QED) is 0.750. The van der Waals surface area contributed by atoms with Crippen molar-refractivity contribution in [2.24, 2.45) is 7.05 Å². The Bertz CT molecular complexity index is 280. The molecule has 0 saturated carbocycles. The molecule has 1 aromatic rings. The molecule has 1 N–H and O–H groups in total. The van der Waals surface area contributed by atoms with E-state index in [2.05, 4.69) is 10.4 Å². The molecule has 0 aliphatic rings. The molecule has 1 heterocycles. The monoisotopic (exact) mass is 207 g/mol. The van der Waals surface area contributed by atoms with Crippen molar-refractivity contribution in [1.82, 2.24) is 15.1 Å². The average Bonchev–Trinajstić information content (AvgIpc) is 2.44. The van der Waals surface area contributed by atoms with Crippen LogP contribution in [0.25, 0.3) is 0 Å². The van der Waals surface area contributed by atoms with E-state index in [1.165, 1.54) is 0 Å². The van der Waals surface area contributed by atoms with Gasteiger partial charge in [0.05, 0.1) is 6.54 Å². The lowest BCUT2D eigenvalue weighted by atomic mass is 10.3. The first kappa shape index (κ1) is 11.0. The Kier molecular flexibility index (Phi) is 3.51. The Morgan fingerprint density at radius 3 is 2.71 bits per heavy atom. The maximum atomic E-state index is 11.7. The van der Waals surface area contributed by atoms with Crippen molar-refractivity contribution in [3.05, 3.63) is 18.0 Å². The second-order valence-electron chi connectivity index (χ2n) is 2.99. The number of nitrogens with zero attached hydrogens (tertiary/aromatic N) is 2. The smallest absolute Gasteiger partial charge is 0.308 e. The van der Waals surface area contributed by atoms with E-state index in [9.17, 15) is 13.2 Å². The van der Waals surface area contributed by atoms with Crippen molar-refractivity contribution in [1.29, 1.82) is 0 Å². The van der Waals surface area contributed by atoms with Gasteiger partial charge in [0.1, 0.15) is 0 Å². The van der Waals surface area contributed by atoms with Gasteiger partial charge in [0, 0.05) is 31.9 Å². The summed E-state index contributed by atoms with van der Waals surface area (Å²) in [6.45, 7) is -0.635. The number of alkyl halides is 3. The molecule has 0 aliphatic carbocycles. The summed E-state index contributed by atoms with van der Waals surface area (Å²) in [5.74, 6) is 0. The summed E-state index contributed by atoms with van der Waals surface area (Å²) in [7, 11) is 1.76. The average molecular weight is 207 g/mol. The molecule has 6 heteroatoms. The molecular weight excluding hydrogens is 195 g/mol. The third kappa shape index (κ3) is 3.78. The van der Waals surface area contributed by atoms with Gasteiger partial charge in [-0.3, -0.25) is 4.68 Å². The predicted molar refractivity (Wildman–Crippen MR) is 45.8 cm³/mol. The zero-order valence-corrected chi connectivity index (χ0v) is 7.80. The van der Waals surface area contributed by atoms with E-state index in [1.54, 1.807) is 24.0 Å². The molecule has 1 rings (SSSR count). The molecule has 0 amide bonds. The van der Waals surface area contributed by atoms with Crippen LogP contribution in [-0.2, 0) is 13.5 Å². The fourth-order valence-corrected chi connectivity index (χ4v) is 1.09. The van der Waals surface area contributed by atoms with Crippen molar-refractivity contribution < 1.29 is 13.2 Å². The highest BCUT2D eigenvalue weighted by Gasteiger charge is 2.25. The van der Waals surface area contributed by atoms with E-state index < -0.39 is 12.7 Å². The highest BCUT2D eigenvalue weighted by atomic mass is 19.4. The van der Waals surface area contributed by atoms with Crippen molar-refractivity contribution in [2.45, 2.75) is 12.6 Å². The minimum atomic E-state index is -4.13. The lowest BCUT2D eigenvalue weighted by molar-refractivity contribution is -0.124. The molecule has 80 valence electrons. The third-order valence-electron chi connectivity index (χ3n) is 1.81. The zero-order chi connectivity index (χ0) is 10.6. The van der Waals surface area contributed by atoms with Gasteiger partial charge in [-0.25, -0.2) is 0 Å². The molecule has 0 aliphatic heterocycles. The number of hydrogen-bond acceptors (Lipinski definition) is 2. The van der Waals surface area contributed by atoms with Crippen molar-refractivity contribution >= 4 is 0 Å². The summed E-state index contributed by atoms with van der Waals surface area (Å²) < 4.78 is 36.8. The molecule has 0 bridgehead atoms. The van der Waals surface area contributed by atoms with Crippen LogP contribution in [0.5, 0.6) is 0 Å². The first-order valence-corrected chi connectivity index (χ1v) is 4.23. The number of hydrogen-bond donors (Lipinski definition) is 1. The van der Waals surface area contributed by atoms with Gasteiger partial charge in [-0.05, 0) is 6.07 Å². The number of nitrogens with one attached hydrogen (secondary N) is 1. The fourth-order valence-electron chi connectivity index (χ4n) is 1.09. The summed E-state index contributed by atoms with van der Waals surface area (Å²) in [5.41, 5.74) is 0.916. The molecule has 1 aromatic heterocycles. The number of aryl methyl sites for hydroxylation is 1. The topological polar surface area (TPSA) is 29.9 Å². The van der Waals surface area contributed by atoms with Gasteiger partial charge >= 0.3 is 6.18 Å². The fraction of sp³-hybridized carbons (Fsp3) is 0.625. The van der Waals surface area contributed by atoms with Crippen LogP contribution < -0.4 is 5.32 Å². The van der Waals surface area contributed by atoms with Crippen LogP contribution in [-0.4, -0.2) is 29.0 Å². The Hall–Kier alpha value is -1.04. The van der Waals surface area contributed by atoms with Gasteiger partial charge < -0.3 is 5.32 Å². The Morgan fingerprint density at radius 2 is 2.21 bits per heavy atom. The van der Waals surface area contributed by atoms with Crippen LogP contribution in [0.15, 0.2) is 12.3 Å². The van der Waals surface area contributed by atoms with Gasteiger partial charge in [-0.1, -0.05) is 0 Å². The first-order chi connectivity index (χ1) is 6.49. The molecule has 0 aromatic carbocycles. The van der Waals surface area contributed by atoms with Gasteiger partial charge in [0.15, 0.2) is 0 Å². The van der Waals surface area contributed by atoms with Gasteiger partial charge in [0.2, 0.25) is 0 Å². The second kappa shape index (κ2) is 4.45. The lowest BCUT2D eigenvalue weighted by Crippen LogP contribution is -2.30. The normalized spacial score (nSPS) is 12.0. The molecule has 0 atom stereocenters. The first-order valence-electron chi connectivity index (χ1n) is 4.23. The predicted octanol–water partition coefficient (Wildman–Crippen LogP) is 1.11. The summed E-state index contributed by atoms with van der Waals surface area (Å²) in [6.07, 6.45) is -1.96. The van der Waals surface area contributed by atoms with Crippen LogP contribution in [0, 0.1) is 0 Å². The van der Waals surface area contributed by atoms with E-state index in [0.717, 1.165) is 5.69 Å². The molecule has 0 fully saturated rings. The molecule has 0 saturated heterocycles. The highest BCUT2D eigenvalue weighted by molar-refractivity contribution is 5.00. The van der Waals surface area contributed by atoms with Crippen molar-refractivity contribution in [3.63, 3.8) is 0 Å². The van der Waals surface area contributed by atoms with E-state index in [1.807, 2.05) is 0 Å². The number of rotatable bonds is 4.